The zero-order chi connectivity index (χ0) is 13.8. The van der Waals surface area contributed by atoms with Crippen LogP contribution >= 0.6 is 11.8 Å². The predicted molar refractivity (Wildman–Crippen MR) is 77.3 cm³/mol. The summed E-state index contributed by atoms with van der Waals surface area (Å²) < 4.78 is 1.72. The molecule has 0 spiro atoms. The monoisotopic (exact) mass is 283 g/mol. The van der Waals surface area contributed by atoms with Gasteiger partial charge >= 0.3 is 0 Å². The normalized spacial score (nSPS) is 21.7. The van der Waals surface area contributed by atoms with Gasteiger partial charge in [-0.1, -0.05) is 6.92 Å². The van der Waals surface area contributed by atoms with Crippen molar-refractivity contribution >= 4 is 23.4 Å². The molecule has 2 rings (SSSR count). The minimum Gasteiger partial charge on any atom is -0.396 e. The van der Waals surface area contributed by atoms with Crippen LogP contribution in [0.5, 0.6) is 0 Å². The fourth-order valence-corrected chi connectivity index (χ4v) is 3.40. The summed E-state index contributed by atoms with van der Waals surface area (Å²) in [6.45, 7) is 2.95. The number of rotatable bonds is 5. The Morgan fingerprint density at radius 2 is 2.42 bits per heavy atom. The van der Waals surface area contributed by atoms with Gasteiger partial charge in [0, 0.05) is 26.4 Å². The second-order valence-corrected chi connectivity index (χ2v) is 6.35. The topological polar surface area (TPSA) is 58.4 Å². The second-order valence-electron chi connectivity index (χ2n) is 5.11. The van der Waals surface area contributed by atoms with Crippen molar-refractivity contribution in [3.05, 3.63) is 12.4 Å². The van der Waals surface area contributed by atoms with Gasteiger partial charge in [0.2, 0.25) is 5.91 Å². The van der Waals surface area contributed by atoms with E-state index in [0.717, 1.165) is 30.8 Å². The van der Waals surface area contributed by atoms with Gasteiger partial charge in [-0.05, 0) is 24.5 Å². The van der Waals surface area contributed by atoms with Crippen molar-refractivity contribution in [2.24, 2.45) is 13.0 Å². The molecule has 1 aromatic heterocycles. The van der Waals surface area contributed by atoms with Crippen LogP contribution in [0.2, 0.25) is 0 Å². The van der Waals surface area contributed by atoms with Crippen molar-refractivity contribution < 1.29 is 9.90 Å². The molecule has 1 aromatic rings. The van der Waals surface area contributed by atoms with E-state index in [2.05, 4.69) is 5.10 Å². The number of piperidine rings is 1. The van der Waals surface area contributed by atoms with E-state index >= 15 is 0 Å². The third-order valence-electron chi connectivity index (χ3n) is 3.29. The van der Waals surface area contributed by atoms with Gasteiger partial charge in [-0.15, -0.1) is 11.8 Å². The van der Waals surface area contributed by atoms with E-state index in [1.54, 1.807) is 22.6 Å². The zero-order valence-electron chi connectivity index (χ0n) is 11.5. The summed E-state index contributed by atoms with van der Waals surface area (Å²) in [6, 6.07) is 0. The number of carbonyl (C=O) groups is 1. The van der Waals surface area contributed by atoms with Gasteiger partial charge in [-0.25, -0.2) is 0 Å². The zero-order valence-corrected chi connectivity index (χ0v) is 12.3. The van der Waals surface area contributed by atoms with Crippen LogP contribution in [0.3, 0.4) is 0 Å². The van der Waals surface area contributed by atoms with Crippen molar-refractivity contribution in [3.8, 4) is 0 Å². The largest absolute Gasteiger partial charge is 0.396 e. The predicted octanol–water partition coefficient (Wildman–Crippen LogP) is 1.28. The first-order valence-corrected chi connectivity index (χ1v) is 7.69. The number of hydrogen-bond acceptors (Lipinski definition) is 4. The Bertz CT molecular complexity index is 435. The molecule has 106 valence electrons. The van der Waals surface area contributed by atoms with Crippen LogP contribution in [-0.2, 0) is 11.8 Å². The SMILES string of the molecule is C[C@H](CO)CS[C@H]1CCCN(c2cnn(C)c2)C1=O. The number of amides is 1. The van der Waals surface area contributed by atoms with E-state index in [-0.39, 0.29) is 23.7 Å². The molecule has 0 radical (unpaired) electrons. The number of nitrogens with zero attached hydrogens (tertiary/aromatic N) is 3. The molecule has 2 heterocycles. The van der Waals surface area contributed by atoms with E-state index in [1.165, 1.54) is 0 Å². The second kappa shape index (κ2) is 6.43. The molecular weight excluding hydrogens is 262 g/mol. The number of hydrogen-bond donors (Lipinski definition) is 1. The van der Waals surface area contributed by atoms with E-state index in [4.69, 9.17) is 5.11 Å². The first-order valence-electron chi connectivity index (χ1n) is 6.64. The van der Waals surface area contributed by atoms with Crippen molar-refractivity contribution in [1.29, 1.82) is 0 Å². The van der Waals surface area contributed by atoms with Crippen LogP contribution in [-0.4, -0.2) is 44.9 Å². The number of anilines is 1. The molecule has 19 heavy (non-hydrogen) atoms. The molecule has 1 fully saturated rings. The Hall–Kier alpha value is -1.01. The molecule has 0 aliphatic carbocycles. The minimum atomic E-state index is 0.0166. The molecule has 1 aliphatic heterocycles. The highest BCUT2D eigenvalue weighted by atomic mass is 32.2. The molecule has 1 saturated heterocycles. The molecule has 0 bridgehead atoms. The lowest BCUT2D eigenvalue weighted by atomic mass is 10.1. The molecule has 0 aromatic carbocycles. The smallest absolute Gasteiger partial charge is 0.240 e. The summed E-state index contributed by atoms with van der Waals surface area (Å²) in [5.41, 5.74) is 0.882. The highest BCUT2D eigenvalue weighted by Crippen LogP contribution is 2.28. The lowest BCUT2D eigenvalue weighted by Gasteiger charge is -2.31. The number of thioether (sulfide) groups is 1. The van der Waals surface area contributed by atoms with Gasteiger partial charge in [0.1, 0.15) is 0 Å². The fraction of sp³-hybridized carbons (Fsp3) is 0.692. The van der Waals surface area contributed by atoms with Crippen LogP contribution in [0.25, 0.3) is 0 Å². The molecule has 0 saturated carbocycles. The van der Waals surface area contributed by atoms with E-state index < -0.39 is 0 Å². The van der Waals surface area contributed by atoms with Crippen LogP contribution < -0.4 is 4.90 Å². The standard InChI is InChI=1S/C13H21N3O2S/c1-10(8-17)9-19-12-4-3-5-16(13(12)18)11-6-14-15(2)7-11/h6-7,10,12,17H,3-5,8-9H2,1-2H3/t10-,12+/m1/s1. The van der Waals surface area contributed by atoms with Crippen LogP contribution in [0.4, 0.5) is 5.69 Å². The maximum absolute atomic E-state index is 12.4. The van der Waals surface area contributed by atoms with E-state index in [1.807, 2.05) is 25.1 Å². The number of aryl methyl sites for hydroxylation is 1. The van der Waals surface area contributed by atoms with Gasteiger partial charge < -0.3 is 10.0 Å². The summed E-state index contributed by atoms with van der Waals surface area (Å²) in [7, 11) is 1.85. The molecular formula is C13H21N3O2S. The highest BCUT2D eigenvalue weighted by Gasteiger charge is 2.30. The Morgan fingerprint density at radius 3 is 3.05 bits per heavy atom. The molecule has 2 atom stereocenters. The van der Waals surface area contributed by atoms with Gasteiger partial charge in [0.25, 0.3) is 0 Å². The lowest BCUT2D eigenvalue weighted by molar-refractivity contribution is -0.119. The third-order valence-corrected chi connectivity index (χ3v) is 4.89. The van der Waals surface area contributed by atoms with Gasteiger partial charge in [0.15, 0.2) is 0 Å². The average molecular weight is 283 g/mol. The quantitative estimate of drug-likeness (QED) is 0.884. The van der Waals surface area contributed by atoms with Crippen molar-refractivity contribution in [3.63, 3.8) is 0 Å². The average Bonchev–Trinajstić information content (AvgIpc) is 2.83. The summed E-state index contributed by atoms with van der Waals surface area (Å²) in [5, 5.41) is 13.2. The maximum atomic E-state index is 12.4. The Labute approximate surface area is 118 Å². The molecule has 1 aliphatic rings. The number of carbonyl (C=O) groups excluding carboxylic acids is 1. The maximum Gasteiger partial charge on any atom is 0.240 e. The van der Waals surface area contributed by atoms with Crippen LogP contribution in [0.1, 0.15) is 19.8 Å². The van der Waals surface area contributed by atoms with Gasteiger partial charge in [0.05, 0.1) is 17.1 Å². The molecule has 6 heteroatoms. The molecule has 5 nitrogen and oxygen atoms in total. The number of aromatic nitrogens is 2. The summed E-state index contributed by atoms with van der Waals surface area (Å²) in [4.78, 5) is 14.3. The van der Waals surface area contributed by atoms with E-state index in [9.17, 15) is 4.79 Å². The summed E-state index contributed by atoms with van der Waals surface area (Å²) in [5.74, 6) is 1.24. The fourth-order valence-electron chi connectivity index (χ4n) is 2.13. The molecule has 1 N–H and O–H groups in total. The number of aliphatic hydroxyl groups excluding tert-OH is 1. The van der Waals surface area contributed by atoms with Crippen LogP contribution in [0.15, 0.2) is 12.4 Å². The van der Waals surface area contributed by atoms with E-state index in [0.29, 0.717) is 0 Å². The molecule has 1 amide bonds. The van der Waals surface area contributed by atoms with Crippen molar-refractivity contribution in [2.45, 2.75) is 25.0 Å². The third kappa shape index (κ3) is 3.51. The Kier molecular flexibility index (Phi) is 4.87. The molecule has 0 unspecified atom stereocenters. The first-order chi connectivity index (χ1) is 9.11. The number of aliphatic hydroxyl groups is 1. The van der Waals surface area contributed by atoms with Crippen LogP contribution in [0, 0.1) is 5.92 Å². The van der Waals surface area contributed by atoms with Gasteiger partial charge in [-0.3, -0.25) is 9.48 Å². The minimum absolute atomic E-state index is 0.0166. The summed E-state index contributed by atoms with van der Waals surface area (Å²) >= 11 is 1.66. The van der Waals surface area contributed by atoms with Crippen molar-refractivity contribution in [2.75, 3.05) is 23.8 Å². The summed E-state index contributed by atoms with van der Waals surface area (Å²) in [6.07, 6.45) is 5.56. The van der Waals surface area contributed by atoms with Gasteiger partial charge in [-0.2, -0.15) is 5.10 Å². The Balaban J connectivity index is 1.98. The highest BCUT2D eigenvalue weighted by molar-refractivity contribution is 8.00. The first kappa shape index (κ1) is 14.4. The Morgan fingerprint density at radius 1 is 1.63 bits per heavy atom. The van der Waals surface area contributed by atoms with Crippen molar-refractivity contribution in [1.82, 2.24) is 9.78 Å². The lowest BCUT2D eigenvalue weighted by Crippen LogP contribution is -2.43.